The minimum Gasteiger partial charge on any atom is -0.465 e. The number of esters is 1. The van der Waals surface area contributed by atoms with Crippen molar-refractivity contribution in [2.45, 2.75) is 40.2 Å². The maximum Gasteiger partial charge on any atom is 0.340 e. The van der Waals surface area contributed by atoms with Crippen molar-refractivity contribution < 1.29 is 14.3 Å². The van der Waals surface area contributed by atoms with E-state index in [0.717, 1.165) is 12.0 Å². The summed E-state index contributed by atoms with van der Waals surface area (Å²) >= 11 is 0. The highest BCUT2D eigenvalue weighted by Crippen LogP contribution is 2.33. The van der Waals surface area contributed by atoms with E-state index in [1.807, 2.05) is 38.1 Å². The second kappa shape index (κ2) is 6.82. The van der Waals surface area contributed by atoms with Crippen molar-refractivity contribution in [3.63, 3.8) is 0 Å². The molecule has 0 unspecified atom stereocenters. The van der Waals surface area contributed by atoms with E-state index in [9.17, 15) is 9.59 Å². The third kappa shape index (κ3) is 3.21. The maximum atomic E-state index is 12.7. The first-order valence-electron chi connectivity index (χ1n) is 7.84. The Morgan fingerprint density at radius 1 is 1.26 bits per heavy atom. The van der Waals surface area contributed by atoms with Gasteiger partial charge in [-0.05, 0) is 44.4 Å². The Morgan fingerprint density at radius 3 is 2.35 bits per heavy atom. The molecule has 0 aliphatic carbocycles. The second-order valence-electron chi connectivity index (χ2n) is 5.87. The molecule has 1 aromatic carbocycles. The van der Waals surface area contributed by atoms with Crippen LogP contribution in [0.3, 0.4) is 0 Å². The van der Waals surface area contributed by atoms with Crippen LogP contribution < -0.4 is 0 Å². The molecule has 0 saturated carbocycles. The fourth-order valence-electron chi connectivity index (χ4n) is 2.84. The second-order valence-corrected chi connectivity index (χ2v) is 5.87. The molecule has 1 aliphatic heterocycles. The zero-order valence-corrected chi connectivity index (χ0v) is 14.3. The molecule has 1 heterocycles. The van der Waals surface area contributed by atoms with Gasteiger partial charge in [0.15, 0.2) is 0 Å². The molecule has 0 N–H and O–H groups in total. The fourth-order valence-corrected chi connectivity index (χ4v) is 2.84. The zero-order chi connectivity index (χ0) is 17.1. The number of amides is 1. The lowest BCUT2D eigenvalue weighted by molar-refractivity contribution is -0.136. The van der Waals surface area contributed by atoms with Crippen LogP contribution in [0, 0.1) is 0 Å². The van der Waals surface area contributed by atoms with Gasteiger partial charge in [0.25, 0.3) is 5.91 Å². The van der Waals surface area contributed by atoms with Crippen molar-refractivity contribution in [1.29, 1.82) is 0 Å². The highest BCUT2D eigenvalue weighted by molar-refractivity contribution is 6.16. The summed E-state index contributed by atoms with van der Waals surface area (Å²) in [6, 6.07) is 7.96. The first-order valence-corrected chi connectivity index (χ1v) is 7.84. The molecule has 122 valence electrons. The normalized spacial score (nSPS) is 16.7. The molecule has 0 atom stereocenters. The van der Waals surface area contributed by atoms with Crippen molar-refractivity contribution in [3.05, 3.63) is 52.2 Å². The molecule has 1 aliphatic rings. The summed E-state index contributed by atoms with van der Waals surface area (Å²) in [6.07, 6.45) is 2.73. The van der Waals surface area contributed by atoms with Crippen LogP contribution in [0.2, 0.25) is 0 Å². The van der Waals surface area contributed by atoms with E-state index in [1.54, 1.807) is 17.9 Å². The van der Waals surface area contributed by atoms with Gasteiger partial charge in [-0.15, -0.1) is 0 Å². The number of rotatable bonds is 4. The third-order valence-corrected chi connectivity index (χ3v) is 4.05. The summed E-state index contributed by atoms with van der Waals surface area (Å²) < 4.78 is 4.87. The maximum absolute atomic E-state index is 12.7. The van der Waals surface area contributed by atoms with Crippen molar-refractivity contribution in [2.75, 3.05) is 7.11 Å². The predicted molar refractivity (Wildman–Crippen MR) is 90.5 cm³/mol. The van der Waals surface area contributed by atoms with E-state index in [0.29, 0.717) is 16.8 Å². The van der Waals surface area contributed by atoms with Gasteiger partial charge in [0.05, 0.1) is 18.3 Å². The van der Waals surface area contributed by atoms with Gasteiger partial charge in [0, 0.05) is 11.7 Å². The zero-order valence-electron chi connectivity index (χ0n) is 14.3. The fraction of sp³-hybridized carbons (Fsp3) is 0.368. The number of aryl methyl sites for hydroxylation is 1. The topological polar surface area (TPSA) is 46.6 Å². The van der Waals surface area contributed by atoms with Gasteiger partial charge in [-0.1, -0.05) is 31.2 Å². The minimum absolute atomic E-state index is 0.0180. The predicted octanol–water partition coefficient (Wildman–Crippen LogP) is 3.33. The van der Waals surface area contributed by atoms with Gasteiger partial charge in [-0.2, -0.15) is 0 Å². The molecule has 0 radical (unpaired) electrons. The van der Waals surface area contributed by atoms with E-state index < -0.39 is 5.97 Å². The summed E-state index contributed by atoms with van der Waals surface area (Å²) in [4.78, 5) is 26.5. The number of allylic oxidation sites excluding steroid dienone is 1. The number of carbonyl (C=O) groups excluding carboxylic acids is 2. The van der Waals surface area contributed by atoms with Crippen LogP contribution in [0.5, 0.6) is 0 Å². The number of hydrogen-bond donors (Lipinski definition) is 0. The van der Waals surface area contributed by atoms with Gasteiger partial charge in [0.2, 0.25) is 0 Å². The average molecular weight is 313 g/mol. The van der Waals surface area contributed by atoms with E-state index in [-0.39, 0.29) is 11.9 Å². The van der Waals surface area contributed by atoms with Gasteiger partial charge >= 0.3 is 5.97 Å². The van der Waals surface area contributed by atoms with Gasteiger partial charge < -0.3 is 9.64 Å². The molecule has 4 nitrogen and oxygen atoms in total. The van der Waals surface area contributed by atoms with Gasteiger partial charge in [0.1, 0.15) is 0 Å². The van der Waals surface area contributed by atoms with Crippen LogP contribution in [0.25, 0.3) is 6.08 Å². The van der Waals surface area contributed by atoms with E-state index in [2.05, 4.69) is 6.92 Å². The quantitative estimate of drug-likeness (QED) is 0.633. The average Bonchev–Trinajstić information content (AvgIpc) is 2.78. The lowest BCUT2D eigenvalue weighted by Gasteiger charge is -2.22. The SMILES string of the molecule is CCc1ccc(/C=C2\C(=O)N(C(C)C)C(C)=C2C(=O)OC)cc1. The Bertz CT molecular complexity index is 681. The molecular formula is C19H23NO3. The van der Waals surface area contributed by atoms with Crippen LogP contribution in [0.15, 0.2) is 41.1 Å². The number of methoxy groups -OCH3 is 1. The van der Waals surface area contributed by atoms with Gasteiger partial charge in [-0.3, -0.25) is 4.79 Å². The summed E-state index contributed by atoms with van der Waals surface area (Å²) in [5, 5.41) is 0. The van der Waals surface area contributed by atoms with Gasteiger partial charge in [-0.25, -0.2) is 4.79 Å². The molecule has 0 fully saturated rings. The molecule has 4 heteroatoms. The van der Waals surface area contributed by atoms with Crippen LogP contribution in [0.4, 0.5) is 0 Å². The third-order valence-electron chi connectivity index (χ3n) is 4.05. The highest BCUT2D eigenvalue weighted by Gasteiger charge is 2.38. The first-order chi connectivity index (χ1) is 10.9. The van der Waals surface area contributed by atoms with E-state index in [1.165, 1.54) is 12.7 Å². The highest BCUT2D eigenvalue weighted by atomic mass is 16.5. The largest absolute Gasteiger partial charge is 0.465 e. The number of nitrogens with zero attached hydrogens (tertiary/aromatic N) is 1. The Hall–Kier alpha value is -2.36. The van der Waals surface area contributed by atoms with Crippen LogP contribution in [-0.2, 0) is 20.7 Å². The van der Waals surface area contributed by atoms with E-state index in [4.69, 9.17) is 4.74 Å². The van der Waals surface area contributed by atoms with Crippen LogP contribution >= 0.6 is 0 Å². The lowest BCUT2D eigenvalue weighted by atomic mass is 10.0. The minimum atomic E-state index is -0.476. The lowest BCUT2D eigenvalue weighted by Crippen LogP contribution is -2.31. The van der Waals surface area contributed by atoms with Crippen molar-refractivity contribution in [1.82, 2.24) is 4.90 Å². The number of hydrogen-bond acceptors (Lipinski definition) is 3. The molecule has 1 aromatic rings. The summed E-state index contributed by atoms with van der Waals surface area (Å²) in [5.74, 6) is -0.632. The monoisotopic (exact) mass is 313 g/mol. The smallest absolute Gasteiger partial charge is 0.340 e. The molecule has 0 bridgehead atoms. The molecule has 23 heavy (non-hydrogen) atoms. The molecule has 1 amide bonds. The van der Waals surface area contributed by atoms with Crippen molar-refractivity contribution in [3.8, 4) is 0 Å². The molecule has 2 rings (SSSR count). The Kier molecular flexibility index (Phi) is 5.04. The Balaban J connectivity index is 2.51. The van der Waals surface area contributed by atoms with Crippen LogP contribution in [0.1, 0.15) is 38.8 Å². The summed E-state index contributed by atoms with van der Waals surface area (Å²) in [6.45, 7) is 7.73. The van der Waals surface area contributed by atoms with Crippen molar-refractivity contribution in [2.24, 2.45) is 0 Å². The summed E-state index contributed by atoms with van der Waals surface area (Å²) in [7, 11) is 1.33. The van der Waals surface area contributed by atoms with E-state index >= 15 is 0 Å². The molecule has 0 aromatic heterocycles. The standard InChI is InChI=1S/C19H23NO3/c1-6-14-7-9-15(10-8-14)11-16-17(19(22)23-5)13(4)20(12(2)3)18(16)21/h7-12H,6H2,1-5H3/b16-11-. The van der Waals surface area contributed by atoms with Crippen molar-refractivity contribution >= 4 is 18.0 Å². The number of benzene rings is 1. The number of ether oxygens (including phenoxy) is 1. The molecule has 0 saturated heterocycles. The Morgan fingerprint density at radius 2 is 1.87 bits per heavy atom. The molecule has 0 spiro atoms. The molecular weight excluding hydrogens is 290 g/mol. The Labute approximate surface area is 137 Å². The van der Waals surface area contributed by atoms with Crippen LogP contribution in [-0.4, -0.2) is 29.9 Å². The summed E-state index contributed by atoms with van der Waals surface area (Å²) in [5.41, 5.74) is 3.52. The first kappa shape index (κ1) is 17.0. The number of carbonyl (C=O) groups is 2.